The van der Waals surface area contributed by atoms with Crippen LogP contribution in [-0.2, 0) is 16.1 Å². The predicted octanol–water partition coefficient (Wildman–Crippen LogP) is 6.83. The highest BCUT2D eigenvalue weighted by Gasteiger charge is 2.25. The van der Waals surface area contributed by atoms with Gasteiger partial charge in [0.15, 0.2) is 11.0 Å². The Hall–Kier alpha value is -2.85. The molecule has 0 atom stereocenters. The van der Waals surface area contributed by atoms with Crippen molar-refractivity contribution in [3.05, 3.63) is 69.0 Å². The molecule has 0 spiro atoms. The number of nitrogens with zero attached hydrogens (tertiary/aromatic N) is 3. The second-order valence-corrected chi connectivity index (χ2v) is 10.6. The van der Waals surface area contributed by atoms with Gasteiger partial charge in [-0.2, -0.15) is 0 Å². The number of carbonyl (C=O) groups excluding carboxylic acids is 2. The Bertz CT molecular complexity index is 1420. The van der Waals surface area contributed by atoms with Crippen molar-refractivity contribution in [2.45, 2.75) is 25.5 Å². The summed E-state index contributed by atoms with van der Waals surface area (Å²) in [6, 6.07) is 14.7. The van der Waals surface area contributed by atoms with Crippen LogP contribution in [-0.4, -0.2) is 39.5 Å². The number of ether oxygens (including phenoxy) is 1. The first-order valence-electron chi connectivity index (χ1n) is 10.9. The zero-order chi connectivity index (χ0) is 25.8. The van der Waals surface area contributed by atoms with Crippen LogP contribution in [0.4, 0.5) is 5.00 Å². The summed E-state index contributed by atoms with van der Waals surface area (Å²) in [5, 5.41) is 13.4. The van der Waals surface area contributed by atoms with Crippen molar-refractivity contribution >= 4 is 63.2 Å². The van der Waals surface area contributed by atoms with Crippen LogP contribution < -0.4 is 5.32 Å². The molecule has 7 nitrogen and oxygen atoms in total. The minimum atomic E-state index is -0.503. The zero-order valence-electron chi connectivity index (χ0n) is 19.7. The van der Waals surface area contributed by atoms with Crippen molar-refractivity contribution in [3.63, 3.8) is 0 Å². The highest BCUT2D eigenvalue weighted by atomic mass is 35.5. The normalized spacial score (nSPS) is 10.9. The van der Waals surface area contributed by atoms with E-state index >= 15 is 0 Å². The fraction of sp³-hybridized carbons (Fsp3) is 0.200. The minimum absolute atomic E-state index is 0.0741. The first-order chi connectivity index (χ1) is 17.3. The maximum absolute atomic E-state index is 12.9. The summed E-state index contributed by atoms with van der Waals surface area (Å²) in [7, 11) is 1.33. The van der Waals surface area contributed by atoms with E-state index in [0.29, 0.717) is 43.7 Å². The van der Waals surface area contributed by atoms with Gasteiger partial charge in [0.1, 0.15) is 10.6 Å². The summed E-state index contributed by atoms with van der Waals surface area (Å²) in [4.78, 5) is 26.5. The standard InChI is InChI=1S/C25H22Cl2N4O3S2/c1-4-31-22(17-11-10-16(26)12-18(17)27)29-30-25(31)35-13-19(32)28-23-21(24(33)34-3)20(14(2)36-23)15-8-6-5-7-9-15/h5-12H,4,13H2,1-3H3,(H,28,32). The molecule has 0 saturated carbocycles. The third kappa shape index (κ3) is 5.44. The van der Waals surface area contributed by atoms with Crippen molar-refractivity contribution in [2.75, 3.05) is 18.2 Å². The SMILES string of the molecule is CCn1c(SCC(=O)Nc2sc(C)c(-c3ccccc3)c2C(=O)OC)nnc1-c1ccc(Cl)cc1Cl. The Kier molecular flexibility index (Phi) is 8.35. The number of thiophene rings is 1. The van der Waals surface area contributed by atoms with Crippen LogP contribution in [0.3, 0.4) is 0 Å². The number of methoxy groups -OCH3 is 1. The van der Waals surface area contributed by atoms with E-state index in [0.717, 1.165) is 16.0 Å². The highest BCUT2D eigenvalue weighted by Crippen LogP contribution is 2.40. The molecule has 0 fully saturated rings. The van der Waals surface area contributed by atoms with Gasteiger partial charge in [0.2, 0.25) is 5.91 Å². The number of aryl methyl sites for hydroxylation is 1. The van der Waals surface area contributed by atoms with E-state index in [1.54, 1.807) is 18.2 Å². The van der Waals surface area contributed by atoms with Gasteiger partial charge in [-0.15, -0.1) is 21.5 Å². The van der Waals surface area contributed by atoms with E-state index in [1.165, 1.54) is 30.2 Å². The van der Waals surface area contributed by atoms with Crippen molar-refractivity contribution < 1.29 is 14.3 Å². The van der Waals surface area contributed by atoms with Crippen LogP contribution in [0.15, 0.2) is 53.7 Å². The second kappa shape index (κ2) is 11.5. The number of rotatable bonds is 8. The molecule has 0 aliphatic heterocycles. The molecule has 0 bridgehead atoms. The highest BCUT2D eigenvalue weighted by molar-refractivity contribution is 7.99. The lowest BCUT2D eigenvalue weighted by atomic mass is 10.0. The number of hydrogen-bond acceptors (Lipinski definition) is 7. The third-order valence-corrected chi connectivity index (χ3v) is 7.86. The monoisotopic (exact) mass is 560 g/mol. The van der Waals surface area contributed by atoms with Crippen LogP contribution in [0, 0.1) is 6.92 Å². The van der Waals surface area contributed by atoms with E-state index in [4.69, 9.17) is 27.9 Å². The topological polar surface area (TPSA) is 86.1 Å². The average molecular weight is 562 g/mol. The van der Waals surface area contributed by atoms with Gasteiger partial charge in [-0.1, -0.05) is 65.3 Å². The fourth-order valence-corrected chi connectivity index (χ4v) is 6.10. The summed E-state index contributed by atoms with van der Waals surface area (Å²) in [6.45, 7) is 4.46. The van der Waals surface area contributed by atoms with Crippen molar-refractivity contribution in [3.8, 4) is 22.5 Å². The number of carbonyl (C=O) groups is 2. The van der Waals surface area contributed by atoms with Crippen molar-refractivity contribution in [1.29, 1.82) is 0 Å². The fourth-order valence-electron chi connectivity index (χ4n) is 3.73. The number of hydrogen-bond donors (Lipinski definition) is 1. The van der Waals surface area contributed by atoms with Gasteiger partial charge >= 0.3 is 5.97 Å². The molecule has 1 N–H and O–H groups in total. The van der Waals surface area contributed by atoms with E-state index in [2.05, 4.69) is 15.5 Å². The molecule has 0 aliphatic carbocycles. The Morgan fingerprint density at radius 1 is 1.14 bits per heavy atom. The Labute approximate surface area is 226 Å². The van der Waals surface area contributed by atoms with Gasteiger partial charge in [-0.25, -0.2) is 4.79 Å². The Balaban J connectivity index is 1.54. The van der Waals surface area contributed by atoms with E-state index in [1.807, 2.05) is 48.7 Å². The molecule has 2 aromatic carbocycles. The first-order valence-corrected chi connectivity index (χ1v) is 13.5. The van der Waals surface area contributed by atoms with Gasteiger partial charge in [-0.05, 0) is 37.6 Å². The Morgan fingerprint density at radius 2 is 1.89 bits per heavy atom. The number of esters is 1. The van der Waals surface area contributed by atoms with Crippen LogP contribution in [0.5, 0.6) is 0 Å². The number of benzene rings is 2. The smallest absolute Gasteiger partial charge is 0.341 e. The zero-order valence-corrected chi connectivity index (χ0v) is 22.8. The molecule has 0 unspecified atom stereocenters. The van der Waals surface area contributed by atoms with Crippen LogP contribution in [0.1, 0.15) is 22.2 Å². The molecule has 2 aromatic heterocycles. The lowest BCUT2D eigenvalue weighted by molar-refractivity contribution is -0.113. The molecule has 0 aliphatic rings. The van der Waals surface area contributed by atoms with Crippen LogP contribution >= 0.6 is 46.3 Å². The molecule has 4 aromatic rings. The third-order valence-electron chi connectivity index (χ3n) is 5.33. The van der Waals surface area contributed by atoms with Gasteiger partial charge in [0.05, 0.1) is 17.9 Å². The van der Waals surface area contributed by atoms with Gasteiger partial charge < -0.3 is 14.6 Å². The molecular weight excluding hydrogens is 539 g/mol. The maximum Gasteiger partial charge on any atom is 0.341 e. The van der Waals surface area contributed by atoms with Crippen molar-refractivity contribution in [1.82, 2.24) is 14.8 Å². The molecule has 11 heteroatoms. The maximum atomic E-state index is 12.9. The van der Waals surface area contributed by atoms with Gasteiger partial charge in [-0.3, -0.25) is 4.79 Å². The molecule has 36 heavy (non-hydrogen) atoms. The minimum Gasteiger partial charge on any atom is -0.465 e. The summed E-state index contributed by atoms with van der Waals surface area (Å²) in [5.41, 5.74) is 2.69. The van der Waals surface area contributed by atoms with Crippen LogP contribution in [0.2, 0.25) is 10.0 Å². The number of amides is 1. The summed E-state index contributed by atoms with van der Waals surface area (Å²) < 4.78 is 6.91. The predicted molar refractivity (Wildman–Crippen MR) is 146 cm³/mol. The molecule has 1 amide bonds. The van der Waals surface area contributed by atoms with E-state index < -0.39 is 5.97 Å². The van der Waals surface area contributed by atoms with Gasteiger partial charge in [0, 0.05) is 27.6 Å². The number of anilines is 1. The summed E-state index contributed by atoms with van der Waals surface area (Å²) in [6.07, 6.45) is 0. The average Bonchev–Trinajstić information content (AvgIpc) is 3.42. The van der Waals surface area contributed by atoms with Gasteiger partial charge in [0.25, 0.3) is 0 Å². The van der Waals surface area contributed by atoms with E-state index in [-0.39, 0.29) is 11.7 Å². The summed E-state index contributed by atoms with van der Waals surface area (Å²) >= 11 is 15.0. The first kappa shape index (κ1) is 26.2. The number of thioether (sulfide) groups is 1. The lowest BCUT2D eigenvalue weighted by Gasteiger charge is -2.09. The number of halogens is 2. The second-order valence-electron chi connectivity index (χ2n) is 7.61. The molecule has 2 heterocycles. The quantitative estimate of drug-likeness (QED) is 0.188. The van der Waals surface area contributed by atoms with Crippen LogP contribution in [0.25, 0.3) is 22.5 Å². The number of nitrogens with one attached hydrogen (secondary N) is 1. The lowest BCUT2D eigenvalue weighted by Crippen LogP contribution is -2.16. The molecule has 4 rings (SSSR count). The number of aromatic nitrogens is 3. The molecule has 0 radical (unpaired) electrons. The van der Waals surface area contributed by atoms with E-state index in [9.17, 15) is 9.59 Å². The van der Waals surface area contributed by atoms with Crippen molar-refractivity contribution in [2.24, 2.45) is 0 Å². The summed E-state index contributed by atoms with van der Waals surface area (Å²) in [5.74, 6) is -0.111. The molecular formula is C25H22Cl2N4O3S2. The molecule has 186 valence electrons. The Morgan fingerprint density at radius 3 is 2.56 bits per heavy atom. The molecule has 0 saturated heterocycles. The largest absolute Gasteiger partial charge is 0.465 e.